The van der Waals surface area contributed by atoms with Crippen LogP contribution in [-0.2, 0) is 14.9 Å². The standard InChI is InChI=1S/C23H45NO4S/c1-2-3-4-5-6-7-8-9-10-11-12-13-14-15-16-17-18-20-23(25)24-21-19-22-29(26,27)28/h18,20H,2-17,19,21-22H2,1H3,(H,24,25)(H,26,27,28)/b20-18+. The maximum atomic E-state index is 11.5. The van der Waals surface area contributed by atoms with Crippen LogP contribution in [0.5, 0.6) is 0 Å². The van der Waals surface area contributed by atoms with Crippen LogP contribution < -0.4 is 5.32 Å². The molecule has 0 unspecified atom stereocenters. The zero-order valence-corrected chi connectivity index (χ0v) is 19.5. The van der Waals surface area contributed by atoms with Gasteiger partial charge in [0.25, 0.3) is 10.1 Å². The number of hydrogen-bond donors (Lipinski definition) is 2. The summed E-state index contributed by atoms with van der Waals surface area (Å²) in [4.78, 5) is 11.5. The van der Waals surface area contributed by atoms with Gasteiger partial charge >= 0.3 is 0 Å². The van der Waals surface area contributed by atoms with Crippen molar-refractivity contribution in [3.63, 3.8) is 0 Å². The molecule has 5 nitrogen and oxygen atoms in total. The normalized spacial score (nSPS) is 11.9. The summed E-state index contributed by atoms with van der Waals surface area (Å²) < 4.78 is 29.7. The van der Waals surface area contributed by atoms with Gasteiger partial charge in [0, 0.05) is 6.54 Å². The highest BCUT2D eigenvalue weighted by Gasteiger charge is 2.03. The third-order valence-corrected chi connectivity index (χ3v) is 5.93. The lowest BCUT2D eigenvalue weighted by Crippen LogP contribution is -2.23. The highest BCUT2D eigenvalue weighted by atomic mass is 32.2. The molecule has 0 atom stereocenters. The Morgan fingerprint density at radius 1 is 0.759 bits per heavy atom. The van der Waals surface area contributed by atoms with Crippen molar-refractivity contribution in [2.24, 2.45) is 0 Å². The fourth-order valence-corrected chi connectivity index (χ4v) is 3.86. The predicted molar refractivity (Wildman–Crippen MR) is 123 cm³/mol. The first-order valence-corrected chi connectivity index (χ1v) is 13.5. The Labute approximate surface area is 179 Å². The molecule has 0 aromatic heterocycles. The van der Waals surface area contributed by atoms with Gasteiger partial charge in [-0.1, -0.05) is 103 Å². The van der Waals surface area contributed by atoms with Crippen LogP contribution >= 0.6 is 0 Å². The lowest BCUT2D eigenvalue weighted by atomic mass is 10.0. The molecular formula is C23H45NO4S. The molecular weight excluding hydrogens is 386 g/mol. The van der Waals surface area contributed by atoms with Gasteiger partial charge < -0.3 is 5.32 Å². The smallest absolute Gasteiger partial charge is 0.264 e. The van der Waals surface area contributed by atoms with Gasteiger partial charge in [-0.3, -0.25) is 9.35 Å². The average molecular weight is 432 g/mol. The molecule has 0 bridgehead atoms. The lowest BCUT2D eigenvalue weighted by molar-refractivity contribution is -0.116. The first kappa shape index (κ1) is 28.1. The summed E-state index contributed by atoms with van der Waals surface area (Å²) in [5.74, 6) is -0.530. The molecule has 0 radical (unpaired) electrons. The van der Waals surface area contributed by atoms with Gasteiger partial charge in [-0.2, -0.15) is 8.42 Å². The minimum atomic E-state index is -3.94. The minimum absolute atomic E-state index is 0.207. The molecule has 6 heteroatoms. The second-order valence-electron chi connectivity index (χ2n) is 8.07. The van der Waals surface area contributed by atoms with Crippen molar-refractivity contribution in [3.05, 3.63) is 12.2 Å². The summed E-state index contributed by atoms with van der Waals surface area (Å²) in [5.41, 5.74) is 0. The molecule has 0 aliphatic rings. The number of allylic oxidation sites excluding steroid dienone is 1. The van der Waals surface area contributed by atoms with Gasteiger partial charge in [0.05, 0.1) is 5.75 Å². The van der Waals surface area contributed by atoms with E-state index in [0.29, 0.717) is 0 Å². The highest BCUT2D eigenvalue weighted by molar-refractivity contribution is 7.85. The zero-order chi connectivity index (χ0) is 21.6. The fourth-order valence-electron chi connectivity index (χ4n) is 3.35. The van der Waals surface area contributed by atoms with Crippen molar-refractivity contribution >= 4 is 16.0 Å². The van der Waals surface area contributed by atoms with Crippen molar-refractivity contribution in [2.75, 3.05) is 12.3 Å². The third kappa shape index (κ3) is 25.1. The number of unbranched alkanes of at least 4 members (excludes halogenated alkanes) is 15. The van der Waals surface area contributed by atoms with Crippen LogP contribution in [0.3, 0.4) is 0 Å². The summed E-state index contributed by atoms with van der Waals surface area (Å²) in [5, 5.41) is 2.61. The number of nitrogens with one attached hydrogen (secondary N) is 1. The van der Waals surface area contributed by atoms with E-state index in [2.05, 4.69) is 12.2 Å². The van der Waals surface area contributed by atoms with Gasteiger partial charge in [-0.15, -0.1) is 0 Å². The molecule has 1 amide bonds. The van der Waals surface area contributed by atoms with Crippen molar-refractivity contribution in [3.8, 4) is 0 Å². The molecule has 0 aliphatic heterocycles. The van der Waals surface area contributed by atoms with Gasteiger partial charge in [-0.05, 0) is 25.3 Å². The maximum Gasteiger partial charge on any atom is 0.264 e. The van der Waals surface area contributed by atoms with Crippen LogP contribution in [0.25, 0.3) is 0 Å². The molecule has 0 aromatic carbocycles. The van der Waals surface area contributed by atoms with Crippen molar-refractivity contribution in [2.45, 2.75) is 116 Å². The maximum absolute atomic E-state index is 11.5. The number of carbonyl (C=O) groups is 1. The van der Waals surface area contributed by atoms with Crippen molar-refractivity contribution in [1.29, 1.82) is 0 Å². The Morgan fingerprint density at radius 3 is 1.66 bits per heavy atom. The molecule has 29 heavy (non-hydrogen) atoms. The minimum Gasteiger partial charge on any atom is -0.353 e. The van der Waals surface area contributed by atoms with Crippen LogP contribution in [0.15, 0.2) is 12.2 Å². The van der Waals surface area contributed by atoms with Crippen LogP contribution in [0.4, 0.5) is 0 Å². The number of carbonyl (C=O) groups excluding carboxylic acids is 1. The summed E-state index contributed by atoms with van der Waals surface area (Å²) in [6.45, 7) is 2.52. The molecule has 0 saturated carbocycles. The quantitative estimate of drug-likeness (QED) is 0.129. The zero-order valence-electron chi connectivity index (χ0n) is 18.7. The SMILES string of the molecule is CCCCCCCCCCCCCCCCC/C=C/C(=O)NCCCS(=O)(=O)O. The Kier molecular flexibility index (Phi) is 19.8. The Morgan fingerprint density at radius 2 is 1.21 bits per heavy atom. The molecule has 0 saturated heterocycles. The van der Waals surface area contributed by atoms with E-state index in [1.165, 1.54) is 96.0 Å². The Bertz CT molecular complexity index is 503. The summed E-state index contributed by atoms with van der Waals surface area (Å²) >= 11 is 0. The topological polar surface area (TPSA) is 83.5 Å². The van der Waals surface area contributed by atoms with Gasteiger partial charge in [-0.25, -0.2) is 0 Å². The van der Waals surface area contributed by atoms with Gasteiger partial charge in [0.2, 0.25) is 5.91 Å². The molecule has 0 aliphatic carbocycles. The summed E-state index contributed by atoms with van der Waals surface area (Å²) in [6.07, 6.45) is 24.7. The van der Waals surface area contributed by atoms with E-state index < -0.39 is 10.1 Å². The molecule has 172 valence electrons. The molecule has 0 aromatic rings. The van der Waals surface area contributed by atoms with E-state index in [1.807, 2.05) is 6.08 Å². The van der Waals surface area contributed by atoms with E-state index in [1.54, 1.807) is 0 Å². The van der Waals surface area contributed by atoms with Crippen LogP contribution in [0.1, 0.15) is 116 Å². The summed E-state index contributed by atoms with van der Waals surface area (Å²) in [6, 6.07) is 0. The molecule has 2 N–H and O–H groups in total. The monoisotopic (exact) mass is 431 g/mol. The second-order valence-corrected chi connectivity index (χ2v) is 9.64. The van der Waals surface area contributed by atoms with E-state index in [-0.39, 0.29) is 24.6 Å². The number of amides is 1. The third-order valence-electron chi connectivity index (χ3n) is 5.12. The van der Waals surface area contributed by atoms with Crippen molar-refractivity contribution < 1.29 is 17.8 Å². The lowest BCUT2D eigenvalue weighted by Gasteiger charge is -2.03. The van der Waals surface area contributed by atoms with E-state index in [4.69, 9.17) is 4.55 Å². The van der Waals surface area contributed by atoms with Gasteiger partial charge in [0.15, 0.2) is 0 Å². The first-order chi connectivity index (χ1) is 14.0. The highest BCUT2D eigenvalue weighted by Crippen LogP contribution is 2.13. The number of hydrogen-bond acceptors (Lipinski definition) is 3. The summed E-state index contributed by atoms with van der Waals surface area (Å²) in [7, 11) is -3.94. The molecule has 0 heterocycles. The van der Waals surface area contributed by atoms with E-state index >= 15 is 0 Å². The van der Waals surface area contributed by atoms with Crippen LogP contribution in [0, 0.1) is 0 Å². The predicted octanol–water partition coefficient (Wildman–Crippen LogP) is 6.20. The molecule has 0 spiro atoms. The fraction of sp³-hybridized carbons (Fsp3) is 0.870. The Hall–Kier alpha value is -0.880. The average Bonchev–Trinajstić information content (AvgIpc) is 2.67. The first-order valence-electron chi connectivity index (χ1n) is 11.8. The van der Waals surface area contributed by atoms with Crippen LogP contribution in [0.2, 0.25) is 0 Å². The van der Waals surface area contributed by atoms with Crippen LogP contribution in [-0.4, -0.2) is 31.2 Å². The Balaban J connectivity index is 3.26. The molecule has 0 fully saturated rings. The van der Waals surface area contributed by atoms with Crippen molar-refractivity contribution in [1.82, 2.24) is 5.32 Å². The largest absolute Gasteiger partial charge is 0.353 e. The van der Waals surface area contributed by atoms with E-state index in [0.717, 1.165) is 12.8 Å². The van der Waals surface area contributed by atoms with Gasteiger partial charge in [0.1, 0.15) is 0 Å². The second kappa shape index (κ2) is 20.4. The molecule has 0 rings (SSSR count). The number of rotatable bonds is 21. The van der Waals surface area contributed by atoms with E-state index in [9.17, 15) is 13.2 Å².